The lowest BCUT2D eigenvalue weighted by molar-refractivity contribution is -0.154. The molecule has 2 atom stereocenters. The third-order valence-electron chi connectivity index (χ3n) is 5.20. The van der Waals surface area contributed by atoms with E-state index in [4.69, 9.17) is 4.74 Å². The highest BCUT2D eigenvalue weighted by molar-refractivity contribution is 5.98. The normalized spacial score (nSPS) is 12.5. The van der Waals surface area contributed by atoms with Gasteiger partial charge < -0.3 is 15.4 Å². The summed E-state index contributed by atoms with van der Waals surface area (Å²) in [4.78, 5) is 50.1. The van der Waals surface area contributed by atoms with Gasteiger partial charge in [0.15, 0.2) is 6.10 Å². The van der Waals surface area contributed by atoms with Gasteiger partial charge in [-0.25, -0.2) is 9.48 Å². The Bertz CT molecular complexity index is 1210. The molecule has 0 unspecified atom stereocenters. The highest BCUT2D eigenvalue weighted by Gasteiger charge is 2.26. The van der Waals surface area contributed by atoms with Crippen molar-refractivity contribution in [3.63, 3.8) is 0 Å². The molecular formula is C24H26N4O5. The van der Waals surface area contributed by atoms with Gasteiger partial charge >= 0.3 is 5.97 Å². The zero-order valence-corrected chi connectivity index (χ0v) is 18.9. The summed E-state index contributed by atoms with van der Waals surface area (Å²) in [7, 11) is 1.71. The van der Waals surface area contributed by atoms with Gasteiger partial charge in [-0.2, -0.15) is 0 Å². The topological polar surface area (TPSA) is 111 Å². The Balaban J connectivity index is 1.66. The molecule has 172 valence electrons. The van der Waals surface area contributed by atoms with Crippen LogP contribution < -0.4 is 16.2 Å². The number of aromatic nitrogens is 2. The summed E-state index contributed by atoms with van der Waals surface area (Å²) in [5.41, 5.74) is 1.28. The maximum atomic E-state index is 12.9. The molecule has 2 aromatic carbocycles. The zero-order chi connectivity index (χ0) is 24.1. The van der Waals surface area contributed by atoms with E-state index in [1.54, 1.807) is 61.1 Å². The number of esters is 1. The molecular weight excluding hydrogens is 424 g/mol. The van der Waals surface area contributed by atoms with E-state index >= 15 is 0 Å². The van der Waals surface area contributed by atoms with Crippen molar-refractivity contribution < 1.29 is 19.1 Å². The van der Waals surface area contributed by atoms with Gasteiger partial charge in [0.05, 0.1) is 11.4 Å². The molecule has 0 fully saturated rings. The number of hydrogen-bond donors (Lipinski definition) is 2. The minimum Gasteiger partial charge on any atom is -0.451 e. The molecule has 3 rings (SSSR count). The average molecular weight is 450 g/mol. The monoisotopic (exact) mass is 450 g/mol. The molecule has 2 N–H and O–H groups in total. The van der Waals surface area contributed by atoms with E-state index < -0.39 is 35.5 Å². The Labute approximate surface area is 191 Å². The summed E-state index contributed by atoms with van der Waals surface area (Å²) in [5, 5.41) is 5.10. The predicted octanol–water partition coefficient (Wildman–Crippen LogP) is 2.17. The van der Waals surface area contributed by atoms with Crippen LogP contribution in [0.4, 0.5) is 5.69 Å². The molecule has 0 aliphatic carbocycles. The molecule has 0 saturated heterocycles. The first-order valence-corrected chi connectivity index (χ1v) is 10.4. The molecule has 0 aliphatic heterocycles. The van der Waals surface area contributed by atoms with Gasteiger partial charge in [0.2, 0.25) is 0 Å². The predicted molar refractivity (Wildman–Crippen MR) is 123 cm³/mol. The maximum Gasteiger partial charge on any atom is 0.329 e. The van der Waals surface area contributed by atoms with E-state index in [1.165, 1.54) is 18.5 Å². The maximum absolute atomic E-state index is 12.9. The number of anilines is 1. The Morgan fingerprint density at radius 3 is 2.12 bits per heavy atom. The van der Waals surface area contributed by atoms with Crippen LogP contribution in [0.5, 0.6) is 0 Å². The molecule has 0 saturated carbocycles. The average Bonchev–Trinajstić information content (AvgIpc) is 3.02. The van der Waals surface area contributed by atoms with E-state index in [-0.39, 0.29) is 5.69 Å². The van der Waals surface area contributed by atoms with Crippen molar-refractivity contribution in [2.75, 3.05) is 5.32 Å². The van der Waals surface area contributed by atoms with Crippen molar-refractivity contribution in [1.82, 2.24) is 14.7 Å². The third-order valence-corrected chi connectivity index (χ3v) is 5.20. The van der Waals surface area contributed by atoms with Gasteiger partial charge in [0.25, 0.3) is 17.4 Å². The second-order valence-corrected chi connectivity index (χ2v) is 7.57. The Kier molecular flexibility index (Phi) is 7.12. The van der Waals surface area contributed by atoms with E-state index in [1.807, 2.05) is 18.2 Å². The highest BCUT2D eigenvalue weighted by atomic mass is 16.5. The molecule has 0 radical (unpaired) electrons. The second kappa shape index (κ2) is 9.99. The molecule has 1 aromatic heterocycles. The van der Waals surface area contributed by atoms with E-state index in [0.717, 1.165) is 0 Å². The summed E-state index contributed by atoms with van der Waals surface area (Å²) in [6.45, 7) is 4.56. The van der Waals surface area contributed by atoms with Gasteiger partial charge in [-0.1, -0.05) is 36.4 Å². The summed E-state index contributed by atoms with van der Waals surface area (Å²) in [5.74, 6) is -1.86. The van der Waals surface area contributed by atoms with Crippen LogP contribution in [0, 0.1) is 6.92 Å². The largest absolute Gasteiger partial charge is 0.451 e. The van der Waals surface area contributed by atoms with Gasteiger partial charge in [0, 0.05) is 12.6 Å². The van der Waals surface area contributed by atoms with Gasteiger partial charge in [-0.05, 0) is 45.0 Å². The Morgan fingerprint density at radius 1 is 0.939 bits per heavy atom. The first-order valence-electron chi connectivity index (χ1n) is 10.4. The summed E-state index contributed by atoms with van der Waals surface area (Å²) < 4.78 is 8.27. The van der Waals surface area contributed by atoms with Crippen molar-refractivity contribution in [1.29, 1.82) is 0 Å². The standard InChI is InChI=1S/C24H26N4O5/c1-15(25-22(30)18-11-7-5-8-12-18)24(32)33-17(3)21(29)26-20-16(2)27(4)28(23(20)31)19-13-9-6-10-14-19/h5-15,17H,1-4H3,(H,25,30)(H,26,29)/t15-,17+/m1/s1. The summed E-state index contributed by atoms with van der Waals surface area (Å²) in [6, 6.07) is 16.5. The molecule has 3 aromatic rings. The number of amides is 2. The molecule has 0 spiro atoms. The van der Waals surface area contributed by atoms with E-state index in [9.17, 15) is 19.2 Å². The summed E-state index contributed by atoms with van der Waals surface area (Å²) in [6.07, 6.45) is -1.18. The van der Waals surface area contributed by atoms with Crippen LogP contribution in [-0.2, 0) is 21.4 Å². The van der Waals surface area contributed by atoms with Crippen LogP contribution in [0.2, 0.25) is 0 Å². The fourth-order valence-electron chi connectivity index (χ4n) is 3.20. The number of carbonyl (C=O) groups excluding carboxylic acids is 3. The minimum atomic E-state index is -1.18. The lowest BCUT2D eigenvalue weighted by Gasteiger charge is -2.17. The summed E-state index contributed by atoms with van der Waals surface area (Å²) >= 11 is 0. The van der Waals surface area contributed by atoms with Crippen molar-refractivity contribution in [2.45, 2.75) is 32.9 Å². The van der Waals surface area contributed by atoms with Gasteiger partial charge in [-0.15, -0.1) is 0 Å². The van der Waals surface area contributed by atoms with Crippen LogP contribution in [0.1, 0.15) is 29.9 Å². The lowest BCUT2D eigenvalue weighted by atomic mass is 10.2. The number of carbonyl (C=O) groups is 3. The fraction of sp³-hybridized carbons (Fsp3) is 0.250. The van der Waals surface area contributed by atoms with Crippen LogP contribution in [0.15, 0.2) is 65.5 Å². The van der Waals surface area contributed by atoms with Crippen molar-refractivity contribution >= 4 is 23.5 Å². The molecule has 0 aliphatic rings. The first-order chi connectivity index (χ1) is 15.7. The van der Waals surface area contributed by atoms with E-state index in [0.29, 0.717) is 16.9 Å². The number of para-hydroxylation sites is 1. The van der Waals surface area contributed by atoms with Crippen molar-refractivity contribution in [3.05, 3.63) is 82.3 Å². The van der Waals surface area contributed by atoms with Crippen LogP contribution >= 0.6 is 0 Å². The smallest absolute Gasteiger partial charge is 0.329 e. The number of ether oxygens (including phenoxy) is 1. The third kappa shape index (κ3) is 5.20. The Hall–Kier alpha value is -4.14. The van der Waals surface area contributed by atoms with Gasteiger partial charge in [0.1, 0.15) is 11.7 Å². The molecule has 33 heavy (non-hydrogen) atoms. The molecule has 2 amide bonds. The van der Waals surface area contributed by atoms with Crippen LogP contribution in [0.3, 0.4) is 0 Å². The zero-order valence-electron chi connectivity index (χ0n) is 18.9. The number of rotatable bonds is 7. The molecule has 9 heteroatoms. The second-order valence-electron chi connectivity index (χ2n) is 7.57. The van der Waals surface area contributed by atoms with Gasteiger partial charge in [-0.3, -0.25) is 19.1 Å². The number of hydrogen-bond acceptors (Lipinski definition) is 5. The minimum absolute atomic E-state index is 0.0969. The first kappa shape index (κ1) is 23.5. The highest BCUT2D eigenvalue weighted by Crippen LogP contribution is 2.14. The SMILES string of the molecule is Cc1c(NC(=O)[C@H](C)OC(=O)[C@@H](C)NC(=O)c2ccccc2)c(=O)n(-c2ccccc2)n1C. The van der Waals surface area contributed by atoms with Crippen molar-refractivity contribution in [2.24, 2.45) is 7.05 Å². The molecule has 9 nitrogen and oxygen atoms in total. The number of nitrogens with one attached hydrogen (secondary N) is 2. The fourth-order valence-corrected chi connectivity index (χ4v) is 3.20. The van der Waals surface area contributed by atoms with E-state index in [2.05, 4.69) is 10.6 Å². The number of nitrogens with zero attached hydrogens (tertiary/aromatic N) is 2. The van der Waals surface area contributed by atoms with Crippen molar-refractivity contribution in [3.8, 4) is 5.69 Å². The molecule has 1 heterocycles. The quantitative estimate of drug-likeness (QED) is 0.536. The lowest BCUT2D eigenvalue weighted by Crippen LogP contribution is -2.42. The molecule has 0 bridgehead atoms. The van der Waals surface area contributed by atoms with Crippen LogP contribution in [0.25, 0.3) is 5.69 Å². The van der Waals surface area contributed by atoms with Crippen LogP contribution in [-0.4, -0.2) is 39.3 Å². The Morgan fingerprint density at radius 2 is 1.52 bits per heavy atom. The number of benzene rings is 2.